The summed E-state index contributed by atoms with van der Waals surface area (Å²) in [7, 11) is 0. The minimum absolute atomic E-state index is 0.115. The highest BCUT2D eigenvalue weighted by Gasteiger charge is 2.18. The number of amides is 1. The van der Waals surface area contributed by atoms with Crippen LogP contribution in [-0.2, 0) is 6.54 Å². The SMILES string of the molecule is O=C(NCC1CCNCC1)c1cccc(Cn2ccc3cc(-c4c[nH]nc4C(F)F)ccc3c2=O)c1. The Morgan fingerprint density at radius 1 is 1.14 bits per heavy atom. The van der Waals surface area contributed by atoms with E-state index in [-0.39, 0.29) is 17.2 Å². The number of carbonyl (C=O) groups excluding carboxylic acids is 1. The van der Waals surface area contributed by atoms with E-state index in [0.29, 0.717) is 46.5 Å². The quantitative estimate of drug-likeness (QED) is 0.363. The maximum Gasteiger partial charge on any atom is 0.282 e. The first-order chi connectivity index (χ1) is 17.5. The van der Waals surface area contributed by atoms with E-state index in [2.05, 4.69) is 20.8 Å². The molecule has 36 heavy (non-hydrogen) atoms. The Bertz CT molecular complexity index is 1440. The van der Waals surface area contributed by atoms with Crippen molar-refractivity contribution in [2.45, 2.75) is 25.8 Å². The van der Waals surface area contributed by atoms with Gasteiger partial charge in [-0.2, -0.15) is 5.10 Å². The first-order valence-electron chi connectivity index (χ1n) is 12.0. The van der Waals surface area contributed by atoms with Gasteiger partial charge in [0.15, 0.2) is 0 Å². The van der Waals surface area contributed by atoms with E-state index in [1.807, 2.05) is 18.2 Å². The van der Waals surface area contributed by atoms with Gasteiger partial charge in [-0.15, -0.1) is 0 Å². The lowest BCUT2D eigenvalue weighted by molar-refractivity contribution is 0.0944. The number of fused-ring (bicyclic) bond motifs is 1. The molecule has 7 nitrogen and oxygen atoms in total. The number of aromatic nitrogens is 3. The van der Waals surface area contributed by atoms with E-state index < -0.39 is 6.43 Å². The molecule has 0 atom stereocenters. The summed E-state index contributed by atoms with van der Waals surface area (Å²) in [6, 6.07) is 14.1. The molecule has 0 radical (unpaired) electrons. The third-order valence-corrected chi connectivity index (χ3v) is 6.72. The van der Waals surface area contributed by atoms with Gasteiger partial charge in [0.2, 0.25) is 0 Å². The van der Waals surface area contributed by atoms with Gasteiger partial charge in [0.05, 0.1) is 6.54 Å². The summed E-state index contributed by atoms with van der Waals surface area (Å²) >= 11 is 0. The molecule has 0 aliphatic carbocycles. The number of pyridine rings is 1. The summed E-state index contributed by atoms with van der Waals surface area (Å²) in [6.45, 7) is 2.94. The zero-order valence-corrected chi connectivity index (χ0v) is 19.6. The summed E-state index contributed by atoms with van der Waals surface area (Å²) in [4.78, 5) is 25.8. The monoisotopic (exact) mass is 491 g/mol. The van der Waals surface area contributed by atoms with Crippen LogP contribution in [0.3, 0.4) is 0 Å². The van der Waals surface area contributed by atoms with Gasteiger partial charge in [-0.25, -0.2) is 8.78 Å². The first kappa shape index (κ1) is 23.9. The van der Waals surface area contributed by atoms with Crippen LogP contribution in [-0.4, -0.2) is 40.3 Å². The predicted octanol–water partition coefficient (Wildman–Crippen LogP) is 4.11. The molecule has 3 heterocycles. The molecule has 4 aromatic rings. The first-order valence-corrected chi connectivity index (χ1v) is 12.0. The predicted molar refractivity (Wildman–Crippen MR) is 134 cm³/mol. The van der Waals surface area contributed by atoms with Crippen molar-refractivity contribution in [3.63, 3.8) is 0 Å². The zero-order valence-electron chi connectivity index (χ0n) is 19.6. The standard InChI is InChI=1S/C27H27F2N5O2/c28-25(29)24-23(15-32-33-24)19-4-5-22-20(13-19)8-11-34(27(22)36)16-18-2-1-3-21(12-18)26(35)31-14-17-6-9-30-10-7-17/h1-5,8,11-13,15,17,25,30H,6-7,9-10,14,16H2,(H,31,35)(H,32,33). The molecule has 0 bridgehead atoms. The van der Waals surface area contributed by atoms with Crippen LogP contribution in [0.1, 0.15) is 40.9 Å². The number of nitrogens with zero attached hydrogens (tertiary/aromatic N) is 2. The molecular weight excluding hydrogens is 464 g/mol. The van der Waals surface area contributed by atoms with Crippen LogP contribution < -0.4 is 16.2 Å². The number of nitrogens with one attached hydrogen (secondary N) is 3. The molecule has 1 aliphatic heterocycles. The maximum atomic E-state index is 13.2. The lowest BCUT2D eigenvalue weighted by Crippen LogP contribution is -2.36. The second-order valence-electron chi connectivity index (χ2n) is 9.14. The number of rotatable bonds is 7. The summed E-state index contributed by atoms with van der Waals surface area (Å²) < 4.78 is 28.0. The van der Waals surface area contributed by atoms with Crippen molar-refractivity contribution < 1.29 is 13.6 Å². The van der Waals surface area contributed by atoms with Gasteiger partial charge in [-0.1, -0.05) is 18.2 Å². The van der Waals surface area contributed by atoms with Gasteiger partial charge in [-0.05, 0) is 78.7 Å². The van der Waals surface area contributed by atoms with E-state index in [9.17, 15) is 18.4 Å². The molecule has 1 aliphatic rings. The number of H-pyrrole nitrogens is 1. The van der Waals surface area contributed by atoms with Crippen LogP contribution >= 0.6 is 0 Å². The Morgan fingerprint density at radius 2 is 1.97 bits per heavy atom. The molecule has 0 unspecified atom stereocenters. The molecule has 9 heteroatoms. The maximum absolute atomic E-state index is 13.2. The lowest BCUT2D eigenvalue weighted by Gasteiger charge is -2.22. The fourth-order valence-electron chi connectivity index (χ4n) is 4.71. The lowest BCUT2D eigenvalue weighted by atomic mass is 9.98. The van der Waals surface area contributed by atoms with Gasteiger partial charge in [-0.3, -0.25) is 14.7 Å². The average Bonchev–Trinajstić information content (AvgIpc) is 3.40. The number of aromatic amines is 1. The summed E-state index contributed by atoms with van der Waals surface area (Å²) in [5, 5.41) is 13.6. The smallest absolute Gasteiger partial charge is 0.282 e. The van der Waals surface area contributed by atoms with E-state index in [0.717, 1.165) is 31.5 Å². The van der Waals surface area contributed by atoms with E-state index in [4.69, 9.17) is 0 Å². The van der Waals surface area contributed by atoms with Crippen molar-refractivity contribution in [1.82, 2.24) is 25.4 Å². The fraction of sp³-hybridized carbons (Fsp3) is 0.296. The number of piperidine rings is 1. The number of halogens is 2. The highest BCUT2D eigenvalue weighted by atomic mass is 19.3. The number of carbonyl (C=O) groups is 1. The van der Waals surface area contributed by atoms with Crippen molar-refractivity contribution in [2.24, 2.45) is 5.92 Å². The second-order valence-corrected chi connectivity index (χ2v) is 9.14. The van der Waals surface area contributed by atoms with E-state index >= 15 is 0 Å². The number of hydrogen-bond acceptors (Lipinski definition) is 4. The van der Waals surface area contributed by atoms with Crippen LogP contribution in [0, 0.1) is 5.92 Å². The van der Waals surface area contributed by atoms with Crippen LogP contribution in [0.4, 0.5) is 8.78 Å². The van der Waals surface area contributed by atoms with Gasteiger partial charge in [0.1, 0.15) is 5.69 Å². The molecule has 186 valence electrons. The average molecular weight is 492 g/mol. The Balaban J connectivity index is 1.33. The molecule has 1 amide bonds. The third-order valence-electron chi connectivity index (χ3n) is 6.72. The van der Waals surface area contributed by atoms with Gasteiger partial charge in [0.25, 0.3) is 17.9 Å². The minimum Gasteiger partial charge on any atom is -0.352 e. The molecule has 0 spiro atoms. The van der Waals surface area contributed by atoms with Crippen molar-refractivity contribution in [1.29, 1.82) is 0 Å². The van der Waals surface area contributed by atoms with Crippen molar-refractivity contribution in [2.75, 3.05) is 19.6 Å². The van der Waals surface area contributed by atoms with Gasteiger partial charge >= 0.3 is 0 Å². The number of benzene rings is 2. The molecule has 1 fully saturated rings. The summed E-state index contributed by atoms with van der Waals surface area (Å²) in [6.07, 6.45) is 2.53. The third kappa shape index (κ3) is 5.06. The second kappa shape index (κ2) is 10.4. The molecular formula is C27H27F2N5O2. The molecule has 3 N–H and O–H groups in total. The molecule has 2 aromatic heterocycles. The summed E-state index contributed by atoms with van der Waals surface area (Å²) in [5.74, 6) is 0.377. The minimum atomic E-state index is -2.70. The Labute approximate surface area is 206 Å². The Hall–Kier alpha value is -3.85. The Kier molecular flexibility index (Phi) is 6.90. The molecule has 2 aromatic carbocycles. The van der Waals surface area contributed by atoms with E-state index in [1.165, 1.54) is 6.20 Å². The van der Waals surface area contributed by atoms with Gasteiger partial charge in [0, 0.05) is 35.5 Å². The highest BCUT2D eigenvalue weighted by Crippen LogP contribution is 2.30. The largest absolute Gasteiger partial charge is 0.352 e. The molecule has 0 saturated carbocycles. The topological polar surface area (TPSA) is 91.8 Å². The highest BCUT2D eigenvalue weighted by molar-refractivity contribution is 5.94. The number of hydrogen-bond donors (Lipinski definition) is 3. The zero-order chi connectivity index (χ0) is 25.1. The summed E-state index contributed by atoms with van der Waals surface area (Å²) in [5.41, 5.74) is 1.76. The molecule has 5 rings (SSSR count). The fourth-order valence-corrected chi connectivity index (χ4v) is 4.71. The molecule has 1 saturated heterocycles. The normalized spacial score (nSPS) is 14.4. The van der Waals surface area contributed by atoms with Crippen molar-refractivity contribution >= 4 is 16.7 Å². The Morgan fingerprint density at radius 3 is 2.78 bits per heavy atom. The van der Waals surface area contributed by atoms with Crippen LogP contribution in [0.15, 0.2) is 65.7 Å². The van der Waals surface area contributed by atoms with Crippen LogP contribution in [0.25, 0.3) is 21.9 Å². The van der Waals surface area contributed by atoms with E-state index in [1.54, 1.807) is 41.1 Å². The van der Waals surface area contributed by atoms with Gasteiger partial charge < -0.3 is 15.2 Å². The van der Waals surface area contributed by atoms with Crippen LogP contribution in [0.2, 0.25) is 0 Å². The van der Waals surface area contributed by atoms with Crippen LogP contribution in [0.5, 0.6) is 0 Å². The number of alkyl halides is 2. The van der Waals surface area contributed by atoms with Crippen molar-refractivity contribution in [3.8, 4) is 11.1 Å². The van der Waals surface area contributed by atoms with Crippen molar-refractivity contribution in [3.05, 3.63) is 88.1 Å².